The van der Waals surface area contributed by atoms with Crippen molar-refractivity contribution in [2.75, 3.05) is 19.6 Å². The van der Waals surface area contributed by atoms with E-state index >= 15 is 0 Å². The molecule has 140 valence electrons. The molecule has 1 fully saturated rings. The molecule has 0 aliphatic carbocycles. The number of carbonyl (C=O) groups excluding carboxylic acids is 2. The van der Waals surface area contributed by atoms with E-state index in [1.807, 2.05) is 25.7 Å². The van der Waals surface area contributed by atoms with Gasteiger partial charge in [0.25, 0.3) is 0 Å². The highest BCUT2D eigenvalue weighted by atomic mass is 16.2. The summed E-state index contributed by atoms with van der Waals surface area (Å²) < 4.78 is 1.80. The van der Waals surface area contributed by atoms with Crippen molar-refractivity contribution in [3.63, 3.8) is 0 Å². The van der Waals surface area contributed by atoms with Crippen molar-refractivity contribution >= 4 is 23.0 Å². The smallest absolute Gasteiger partial charge is 0.225 e. The van der Waals surface area contributed by atoms with Gasteiger partial charge < -0.3 is 10.2 Å². The molecule has 0 radical (unpaired) electrons. The van der Waals surface area contributed by atoms with E-state index in [1.165, 1.54) is 0 Å². The van der Waals surface area contributed by atoms with Crippen LogP contribution in [0, 0.1) is 5.41 Å². The van der Waals surface area contributed by atoms with Gasteiger partial charge in [-0.3, -0.25) is 9.59 Å². The second-order valence-electron chi connectivity index (χ2n) is 7.79. The Hall–Kier alpha value is -2.51. The maximum atomic E-state index is 12.0. The summed E-state index contributed by atoms with van der Waals surface area (Å²) in [5, 5.41) is 7.66. The standard InChI is InChI=1S/C18H26N6O2/c1-12(25)23-9-5-13(11-23)14-15-16(20-7-6-19-15)24(22-14)10-8-21-17(26)18(2,3)4/h6-7,13H,5,8-11H2,1-4H3,(H,21,26). The maximum Gasteiger partial charge on any atom is 0.225 e. The number of likely N-dealkylation sites (tertiary alicyclic amines) is 1. The molecule has 8 heteroatoms. The van der Waals surface area contributed by atoms with E-state index in [0.29, 0.717) is 25.3 Å². The number of fused-ring (bicyclic) bond motifs is 1. The van der Waals surface area contributed by atoms with Gasteiger partial charge in [-0.2, -0.15) is 5.10 Å². The molecule has 8 nitrogen and oxygen atoms in total. The van der Waals surface area contributed by atoms with Gasteiger partial charge in [0.1, 0.15) is 5.52 Å². The third-order valence-electron chi connectivity index (χ3n) is 4.71. The number of rotatable bonds is 4. The molecule has 2 aromatic heterocycles. The van der Waals surface area contributed by atoms with E-state index in [0.717, 1.165) is 24.2 Å². The molecular formula is C18H26N6O2. The highest BCUT2D eigenvalue weighted by Gasteiger charge is 2.30. The van der Waals surface area contributed by atoms with Crippen LogP contribution in [0.3, 0.4) is 0 Å². The number of aromatic nitrogens is 4. The quantitative estimate of drug-likeness (QED) is 0.890. The lowest BCUT2D eigenvalue weighted by Gasteiger charge is -2.17. The summed E-state index contributed by atoms with van der Waals surface area (Å²) in [5.41, 5.74) is 1.97. The van der Waals surface area contributed by atoms with Gasteiger partial charge in [0.2, 0.25) is 11.8 Å². The van der Waals surface area contributed by atoms with Crippen LogP contribution in [0.15, 0.2) is 12.4 Å². The van der Waals surface area contributed by atoms with Gasteiger partial charge in [0, 0.05) is 50.3 Å². The van der Waals surface area contributed by atoms with Crippen molar-refractivity contribution in [2.24, 2.45) is 5.41 Å². The summed E-state index contributed by atoms with van der Waals surface area (Å²) in [7, 11) is 0. The van der Waals surface area contributed by atoms with Crippen molar-refractivity contribution in [2.45, 2.75) is 46.6 Å². The van der Waals surface area contributed by atoms with Crippen LogP contribution >= 0.6 is 0 Å². The molecule has 0 saturated carbocycles. The number of hydrogen-bond acceptors (Lipinski definition) is 5. The van der Waals surface area contributed by atoms with E-state index in [9.17, 15) is 9.59 Å². The fourth-order valence-corrected chi connectivity index (χ4v) is 3.17. The Labute approximate surface area is 153 Å². The Kier molecular flexibility index (Phi) is 4.93. The summed E-state index contributed by atoms with van der Waals surface area (Å²) in [6.07, 6.45) is 4.19. The van der Waals surface area contributed by atoms with E-state index in [1.54, 1.807) is 24.0 Å². The molecule has 1 aliphatic heterocycles. The second kappa shape index (κ2) is 7.01. The molecule has 3 rings (SSSR count). The van der Waals surface area contributed by atoms with Crippen molar-refractivity contribution in [1.82, 2.24) is 30.0 Å². The third-order valence-corrected chi connectivity index (χ3v) is 4.71. The monoisotopic (exact) mass is 358 g/mol. The molecule has 1 saturated heterocycles. The summed E-state index contributed by atoms with van der Waals surface area (Å²) in [6, 6.07) is 0. The Bertz CT molecular complexity index is 823. The Balaban J connectivity index is 1.78. The van der Waals surface area contributed by atoms with Crippen LogP contribution < -0.4 is 5.32 Å². The summed E-state index contributed by atoms with van der Waals surface area (Å²) in [6.45, 7) is 9.67. The lowest BCUT2D eigenvalue weighted by atomic mass is 9.96. The van der Waals surface area contributed by atoms with Crippen LogP contribution in [0.1, 0.15) is 45.7 Å². The average molecular weight is 358 g/mol. The molecule has 2 aromatic rings. The number of hydrogen-bond donors (Lipinski definition) is 1. The average Bonchev–Trinajstić information content (AvgIpc) is 3.19. The predicted molar refractivity (Wildman–Crippen MR) is 97.4 cm³/mol. The van der Waals surface area contributed by atoms with Crippen LogP contribution in [0.25, 0.3) is 11.2 Å². The summed E-state index contributed by atoms with van der Waals surface area (Å²) >= 11 is 0. The summed E-state index contributed by atoms with van der Waals surface area (Å²) in [5.74, 6) is 0.267. The molecule has 1 atom stereocenters. The molecule has 0 aromatic carbocycles. The first-order valence-electron chi connectivity index (χ1n) is 8.98. The second-order valence-corrected chi connectivity index (χ2v) is 7.79. The zero-order chi connectivity index (χ0) is 18.9. The lowest BCUT2D eigenvalue weighted by Crippen LogP contribution is -2.36. The molecule has 2 amide bonds. The van der Waals surface area contributed by atoms with E-state index in [4.69, 9.17) is 5.10 Å². The molecule has 26 heavy (non-hydrogen) atoms. The Morgan fingerprint density at radius 1 is 1.27 bits per heavy atom. The van der Waals surface area contributed by atoms with Gasteiger partial charge in [0.15, 0.2) is 5.65 Å². The number of nitrogens with zero attached hydrogens (tertiary/aromatic N) is 5. The van der Waals surface area contributed by atoms with Crippen molar-refractivity contribution in [3.05, 3.63) is 18.1 Å². The fourth-order valence-electron chi connectivity index (χ4n) is 3.17. The van der Waals surface area contributed by atoms with Gasteiger partial charge >= 0.3 is 0 Å². The zero-order valence-corrected chi connectivity index (χ0v) is 15.8. The molecule has 1 N–H and O–H groups in total. The molecular weight excluding hydrogens is 332 g/mol. The van der Waals surface area contributed by atoms with Crippen molar-refractivity contribution in [3.8, 4) is 0 Å². The molecule has 0 bridgehead atoms. The van der Waals surface area contributed by atoms with Gasteiger partial charge in [0.05, 0.1) is 12.2 Å². The number of carbonyl (C=O) groups is 2. The topological polar surface area (TPSA) is 93.0 Å². The van der Waals surface area contributed by atoms with E-state index < -0.39 is 5.41 Å². The first kappa shape index (κ1) is 18.3. The van der Waals surface area contributed by atoms with Gasteiger partial charge in [-0.1, -0.05) is 20.8 Å². The minimum absolute atomic E-state index is 0.00756. The van der Waals surface area contributed by atoms with Crippen LogP contribution in [-0.4, -0.2) is 56.1 Å². The van der Waals surface area contributed by atoms with E-state index in [-0.39, 0.29) is 17.7 Å². The van der Waals surface area contributed by atoms with E-state index in [2.05, 4.69) is 15.3 Å². The van der Waals surface area contributed by atoms with Crippen molar-refractivity contribution < 1.29 is 9.59 Å². The van der Waals surface area contributed by atoms with Crippen LogP contribution in [0.2, 0.25) is 0 Å². The van der Waals surface area contributed by atoms with Crippen LogP contribution in [0.5, 0.6) is 0 Å². The molecule has 1 unspecified atom stereocenters. The largest absolute Gasteiger partial charge is 0.354 e. The first-order valence-corrected chi connectivity index (χ1v) is 8.98. The number of nitrogens with one attached hydrogen (secondary N) is 1. The summed E-state index contributed by atoms with van der Waals surface area (Å²) in [4.78, 5) is 34.4. The Morgan fingerprint density at radius 3 is 2.65 bits per heavy atom. The van der Waals surface area contributed by atoms with Gasteiger partial charge in [-0.25, -0.2) is 14.6 Å². The normalized spacial score (nSPS) is 17.7. The SMILES string of the molecule is CC(=O)N1CCC(c2nn(CCNC(=O)C(C)(C)C)c3nccnc23)C1. The molecule has 0 spiro atoms. The molecule has 3 heterocycles. The Morgan fingerprint density at radius 2 is 2.00 bits per heavy atom. The van der Waals surface area contributed by atoms with Gasteiger partial charge in [-0.05, 0) is 6.42 Å². The first-order chi connectivity index (χ1) is 12.3. The van der Waals surface area contributed by atoms with Crippen LogP contribution in [-0.2, 0) is 16.1 Å². The molecule has 1 aliphatic rings. The van der Waals surface area contributed by atoms with Gasteiger partial charge in [-0.15, -0.1) is 0 Å². The van der Waals surface area contributed by atoms with Crippen molar-refractivity contribution in [1.29, 1.82) is 0 Å². The highest BCUT2D eigenvalue weighted by Crippen LogP contribution is 2.30. The maximum absolute atomic E-state index is 12.0. The third kappa shape index (κ3) is 3.68. The lowest BCUT2D eigenvalue weighted by molar-refractivity contribution is -0.128. The van der Waals surface area contributed by atoms with Crippen LogP contribution in [0.4, 0.5) is 0 Å². The number of amides is 2. The fraction of sp³-hybridized carbons (Fsp3) is 0.611. The minimum atomic E-state index is -0.419. The zero-order valence-electron chi connectivity index (χ0n) is 15.8. The minimum Gasteiger partial charge on any atom is -0.354 e. The predicted octanol–water partition coefficient (Wildman–Crippen LogP) is 1.32. The highest BCUT2D eigenvalue weighted by molar-refractivity contribution is 5.81.